The van der Waals surface area contributed by atoms with E-state index in [1.54, 1.807) is 0 Å². The summed E-state index contributed by atoms with van der Waals surface area (Å²) in [6, 6.07) is 7.79. The molecule has 1 aliphatic carbocycles. The summed E-state index contributed by atoms with van der Waals surface area (Å²) in [5, 5.41) is 11.2. The van der Waals surface area contributed by atoms with Crippen molar-refractivity contribution in [1.29, 1.82) is 0 Å². The van der Waals surface area contributed by atoms with E-state index in [2.05, 4.69) is 0 Å². The second-order valence-electron chi connectivity index (χ2n) is 6.04. The molecule has 0 aromatic heterocycles. The van der Waals surface area contributed by atoms with Crippen molar-refractivity contribution < 1.29 is 9.84 Å². The van der Waals surface area contributed by atoms with Crippen LogP contribution in [0.25, 0.3) is 0 Å². The average molecular weight is 281 g/mol. The summed E-state index contributed by atoms with van der Waals surface area (Å²) in [6.45, 7) is 0.808. The van der Waals surface area contributed by atoms with Gasteiger partial charge in [0.05, 0.1) is 11.7 Å². The van der Waals surface area contributed by atoms with E-state index in [-0.39, 0.29) is 11.7 Å². The zero-order chi connectivity index (χ0) is 13.3. The first kappa shape index (κ1) is 13.4. The normalized spacial score (nSPS) is 26.9. The van der Waals surface area contributed by atoms with Crippen LogP contribution in [-0.2, 0) is 11.2 Å². The maximum absolute atomic E-state index is 10.5. The lowest BCUT2D eigenvalue weighted by molar-refractivity contribution is -0.156. The Balaban J connectivity index is 1.60. The molecule has 104 valence electrons. The fourth-order valence-electron chi connectivity index (χ4n) is 3.34. The number of benzene rings is 1. The number of hydrogen-bond donors (Lipinski definition) is 1. The fourth-order valence-corrected chi connectivity index (χ4v) is 3.47. The average Bonchev–Trinajstić information content (AvgIpc) is 2.40. The van der Waals surface area contributed by atoms with Gasteiger partial charge in [0.1, 0.15) is 0 Å². The van der Waals surface area contributed by atoms with Gasteiger partial charge in [-0.2, -0.15) is 0 Å². The van der Waals surface area contributed by atoms with Gasteiger partial charge in [-0.05, 0) is 62.1 Å². The molecule has 1 saturated heterocycles. The third-order valence-corrected chi connectivity index (χ3v) is 4.95. The molecule has 2 atom stereocenters. The van der Waals surface area contributed by atoms with Crippen LogP contribution in [0.2, 0.25) is 5.02 Å². The Morgan fingerprint density at radius 3 is 2.68 bits per heavy atom. The van der Waals surface area contributed by atoms with Gasteiger partial charge in [0, 0.05) is 11.6 Å². The molecule has 1 aromatic rings. The van der Waals surface area contributed by atoms with Gasteiger partial charge in [0.15, 0.2) is 0 Å². The molecule has 0 bridgehead atoms. The van der Waals surface area contributed by atoms with Crippen molar-refractivity contribution in [2.75, 3.05) is 6.61 Å². The summed E-state index contributed by atoms with van der Waals surface area (Å²) >= 11 is 5.88. The van der Waals surface area contributed by atoms with Crippen LogP contribution in [0, 0.1) is 5.92 Å². The lowest BCUT2D eigenvalue weighted by Gasteiger charge is -2.48. The Kier molecular flexibility index (Phi) is 3.84. The van der Waals surface area contributed by atoms with Crippen molar-refractivity contribution in [2.45, 2.75) is 50.2 Å². The molecule has 1 aromatic carbocycles. The number of aliphatic hydroxyl groups excluding tert-OH is 1. The fraction of sp³-hybridized carbons (Fsp3) is 0.625. The van der Waals surface area contributed by atoms with Crippen molar-refractivity contribution >= 4 is 11.6 Å². The van der Waals surface area contributed by atoms with Gasteiger partial charge in [-0.25, -0.2) is 0 Å². The topological polar surface area (TPSA) is 29.5 Å². The Hall–Kier alpha value is -0.570. The van der Waals surface area contributed by atoms with E-state index < -0.39 is 0 Å². The highest BCUT2D eigenvalue weighted by Crippen LogP contribution is 2.45. The minimum atomic E-state index is -0.262. The van der Waals surface area contributed by atoms with Crippen LogP contribution in [0.5, 0.6) is 0 Å². The van der Waals surface area contributed by atoms with Crippen LogP contribution >= 0.6 is 11.6 Å². The molecule has 1 N–H and O–H groups in total. The standard InChI is InChI=1S/C16H21ClO2/c17-14-4-2-12(3-5-14)10-15(18)13-6-9-19-16(11-13)7-1-8-16/h2-5,13,15,18H,1,6-11H2. The summed E-state index contributed by atoms with van der Waals surface area (Å²) in [7, 11) is 0. The lowest BCUT2D eigenvalue weighted by atomic mass is 9.70. The molecule has 2 fully saturated rings. The predicted octanol–water partition coefficient (Wildman–Crippen LogP) is 3.59. The Bertz CT molecular complexity index is 425. The third-order valence-electron chi connectivity index (χ3n) is 4.70. The maximum Gasteiger partial charge on any atom is 0.0686 e. The van der Waals surface area contributed by atoms with E-state index in [9.17, 15) is 5.11 Å². The summed E-state index contributed by atoms with van der Waals surface area (Å²) in [6.07, 6.45) is 6.10. The highest BCUT2D eigenvalue weighted by atomic mass is 35.5. The number of ether oxygens (including phenoxy) is 1. The number of rotatable bonds is 3. The predicted molar refractivity (Wildman–Crippen MR) is 76.4 cm³/mol. The van der Waals surface area contributed by atoms with E-state index in [1.807, 2.05) is 24.3 Å². The van der Waals surface area contributed by atoms with Gasteiger partial charge in [0.25, 0.3) is 0 Å². The largest absolute Gasteiger partial charge is 0.392 e. The van der Waals surface area contributed by atoms with Crippen LogP contribution in [0.15, 0.2) is 24.3 Å². The highest BCUT2D eigenvalue weighted by molar-refractivity contribution is 6.30. The quantitative estimate of drug-likeness (QED) is 0.917. The SMILES string of the molecule is OC(Cc1ccc(Cl)cc1)C1CCOC2(CCC2)C1. The molecular weight excluding hydrogens is 260 g/mol. The Labute approximate surface area is 119 Å². The Morgan fingerprint density at radius 1 is 1.32 bits per heavy atom. The van der Waals surface area contributed by atoms with Crippen LogP contribution < -0.4 is 0 Å². The van der Waals surface area contributed by atoms with Gasteiger partial charge < -0.3 is 9.84 Å². The Morgan fingerprint density at radius 2 is 2.05 bits per heavy atom. The molecule has 3 rings (SSSR count). The minimum Gasteiger partial charge on any atom is -0.392 e. The molecule has 1 spiro atoms. The zero-order valence-corrected chi connectivity index (χ0v) is 11.9. The van der Waals surface area contributed by atoms with Crippen molar-refractivity contribution in [3.05, 3.63) is 34.9 Å². The van der Waals surface area contributed by atoms with Gasteiger partial charge in [0.2, 0.25) is 0 Å². The van der Waals surface area contributed by atoms with Crippen molar-refractivity contribution in [1.82, 2.24) is 0 Å². The third kappa shape index (κ3) is 2.96. The highest BCUT2D eigenvalue weighted by Gasteiger charge is 2.43. The first-order valence-electron chi connectivity index (χ1n) is 7.23. The molecule has 2 unspecified atom stereocenters. The molecule has 0 amide bonds. The molecule has 3 heteroatoms. The van der Waals surface area contributed by atoms with Crippen LogP contribution in [0.3, 0.4) is 0 Å². The number of halogens is 1. The van der Waals surface area contributed by atoms with E-state index in [0.29, 0.717) is 5.92 Å². The number of aliphatic hydroxyl groups is 1. The summed E-state index contributed by atoms with van der Waals surface area (Å²) in [4.78, 5) is 0. The molecule has 19 heavy (non-hydrogen) atoms. The first-order valence-corrected chi connectivity index (χ1v) is 7.61. The first-order chi connectivity index (χ1) is 9.17. The van der Waals surface area contributed by atoms with Gasteiger partial charge in [-0.15, -0.1) is 0 Å². The lowest BCUT2D eigenvalue weighted by Crippen LogP contribution is -2.48. The second-order valence-corrected chi connectivity index (χ2v) is 6.47. The number of hydrogen-bond acceptors (Lipinski definition) is 2. The summed E-state index contributed by atoms with van der Waals surface area (Å²) in [5.74, 6) is 0.379. The monoisotopic (exact) mass is 280 g/mol. The second kappa shape index (κ2) is 5.43. The summed E-state index contributed by atoms with van der Waals surface area (Å²) < 4.78 is 5.92. The smallest absolute Gasteiger partial charge is 0.0686 e. The van der Waals surface area contributed by atoms with Crippen molar-refractivity contribution in [3.63, 3.8) is 0 Å². The van der Waals surface area contributed by atoms with E-state index >= 15 is 0 Å². The van der Waals surface area contributed by atoms with Gasteiger partial charge in [-0.3, -0.25) is 0 Å². The molecule has 1 saturated carbocycles. The zero-order valence-electron chi connectivity index (χ0n) is 11.1. The molecule has 2 nitrogen and oxygen atoms in total. The van der Waals surface area contributed by atoms with Crippen LogP contribution in [-0.4, -0.2) is 23.4 Å². The van der Waals surface area contributed by atoms with E-state index in [1.165, 1.54) is 19.3 Å². The van der Waals surface area contributed by atoms with Crippen LogP contribution in [0.4, 0.5) is 0 Å². The van der Waals surface area contributed by atoms with E-state index in [0.717, 1.165) is 36.5 Å². The minimum absolute atomic E-state index is 0.115. The molecule has 1 heterocycles. The molecule has 1 aliphatic heterocycles. The van der Waals surface area contributed by atoms with Crippen molar-refractivity contribution in [2.24, 2.45) is 5.92 Å². The molecule has 2 aliphatic rings. The van der Waals surface area contributed by atoms with E-state index in [4.69, 9.17) is 16.3 Å². The van der Waals surface area contributed by atoms with Crippen LogP contribution in [0.1, 0.15) is 37.7 Å². The summed E-state index contributed by atoms with van der Waals surface area (Å²) in [5.41, 5.74) is 1.27. The van der Waals surface area contributed by atoms with Crippen molar-refractivity contribution in [3.8, 4) is 0 Å². The molecule has 0 radical (unpaired) electrons. The van der Waals surface area contributed by atoms with Gasteiger partial charge in [-0.1, -0.05) is 23.7 Å². The van der Waals surface area contributed by atoms with Gasteiger partial charge >= 0.3 is 0 Å². The molecular formula is C16H21ClO2. The maximum atomic E-state index is 10.5.